The smallest absolute Gasteiger partial charge is 0.343 e. The number of para-hydroxylation sites is 1. The molecule has 3 aromatic carbocycles. The largest absolute Gasteiger partial charge is 0.416 e. The minimum absolute atomic E-state index is 0.418. The molecule has 0 aliphatic carbocycles. The third kappa shape index (κ3) is 3.91. The van der Waals surface area contributed by atoms with Crippen LogP contribution in [0, 0.1) is 10.1 Å². The van der Waals surface area contributed by atoms with E-state index in [2.05, 4.69) is 0 Å². The molecule has 31 heavy (non-hydrogen) atoms. The zero-order chi connectivity index (χ0) is 22.2. The van der Waals surface area contributed by atoms with E-state index in [1.165, 1.54) is 12.1 Å². The van der Waals surface area contributed by atoms with Crippen LogP contribution in [0.15, 0.2) is 78.9 Å². The van der Waals surface area contributed by atoms with Gasteiger partial charge in [-0.25, -0.2) is 0 Å². The number of aromatic nitrogens is 1. The fraction of sp³-hybridized carbons (Fsp3) is 0.167. The van der Waals surface area contributed by atoms with Gasteiger partial charge < -0.3 is 4.57 Å². The van der Waals surface area contributed by atoms with Crippen LogP contribution in [0.2, 0.25) is 0 Å². The van der Waals surface area contributed by atoms with Gasteiger partial charge in [0.2, 0.25) is 6.54 Å². The minimum atomic E-state index is -4.47. The molecule has 0 radical (unpaired) electrons. The summed E-state index contributed by atoms with van der Waals surface area (Å²) in [6, 6.07) is 21.7. The van der Waals surface area contributed by atoms with Crippen molar-refractivity contribution in [3.8, 4) is 11.3 Å². The Balaban J connectivity index is 1.98. The van der Waals surface area contributed by atoms with Crippen LogP contribution in [-0.4, -0.2) is 16.0 Å². The number of halogens is 3. The van der Waals surface area contributed by atoms with E-state index in [-0.39, 0.29) is 0 Å². The lowest BCUT2D eigenvalue weighted by atomic mass is 9.87. The minimum Gasteiger partial charge on any atom is -0.343 e. The van der Waals surface area contributed by atoms with Crippen molar-refractivity contribution in [1.82, 2.24) is 4.57 Å². The maximum Gasteiger partial charge on any atom is 0.416 e. The van der Waals surface area contributed by atoms with Gasteiger partial charge in [0, 0.05) is 22.9 Å². The molecular formula is C24H19F3N2O2. The lowest BCUT2D eigenvalue weighted by Gasteiger charge is -2.17. The van der Waals surface area contributed by atoms with Gasteiger partial charge in [0.1, 0.15) is 0 Å². The first-order valence-corrected chi connectivity index (χ1v) is 9.69. The van der Waals surface area contributed by atoms with Crippen LogP contribution in [-0.2, 0) is 13.2 Å². The van der Waals surface area contributed by atoms with Crippen molar-refractivity contribution in [3.63, 3.8) is 0 Å². The molecule has 0 fully saturated rings. The Bertz CT molecular complexity index is 1230. The molecule has 0 aliphatic heterocycles. The second-order valence-electron chi connectivity index (χ2n) is 7.39. The zero-order valence-corrected chi connectivity index (χ0v) is 16.6. The van der Waals surface area contributed by atoms with Crippen LogP contribution in [0.3, 0.4) is 0 Å². The lowest BCUT2D eigenvalue weighted by Crippen LogP contribution is -2.15. The van der Waals surface area contributed by atoms with Crippen molar-refractivity contribution in [2.24, 2.45) is 7.05 Å². The van der Waals surface area contributed by atoms with Gasteiger partial charge in [-0.1, -0.05) is 60.7 Å². The van der Waals surface area contributed by atoms with Gasteiger partial charge in [0.05, 0.1) is 17.2 Å². The molecule has 4 nitrogen and oxygen atoms in total. The summed E-state index contributed by atoms with van der Waals surface area (Å²) < 4.78 is 41.1. The number of nitro groups is 1. The highest BCUT2D eigenvalue weighted by molar-refractivity contribution is 5.93. The van der Waals surface area contributed by atoms with E-state index in [0.717, 1.165) is 39.9 Å². The number of hydrogen-bond acceptors (Lipinski definition) is 2. The van der Waals surface area contributed by atoms with Crippen molar-refractivity contribution in [2.75, 3.05) is 6.54 Å². The van der Waals surface area contributed by atoms with E-state index in [4.69, 9.17) is 0 Å². The molecule has 1 heterocycles. The molecule has 0 aliphatic rings. The summed E-state index contributed by atoms with van der Waals surface area (Å²) in [4.78, 5) is 11.2. The molecule has 0 spiro atoms. The molecule has 0 unspecified atom stereocenters. The summed E-state index contributed by atoms with van der Waals surface area (Å²) in [5.41, 5.74) is 3.03. The van der Waals surface area contributed by atoms with Gasteiger partial charge in [-0.2, -0.15) is 13.2 Å². The van der Waals surface area contributed by atoms with Crippen LogP contribution in [0.25, 0.3) is 22.2 Å². The average Bonchev–Trinajstić information content (AvgIpc) is 3.04. The molecule has 0 bridgehead atoms. The number of rotatable bonds is 5. The molecule has 1 atom stereocenters. The predicted molar refractivity (Wildman–Crippen MR) is 114 cm³/mol. The van der Waals surface area contributed by atoms with E-state index in [1.54, 1.807) is 0 Å². The van der Waals surface area contributed by atoms with Crippen molar-refractivity contribution >= 4 is 10.9 Å². The van der Waals surface area contributed by atoms with Crippen LogP contribution in [0.4, 0.5) is 13.2 Å². The van der Waals surface area contributed by atoms with E-state index in [0.29, 0.717) is 5.56 Å². The van der Waals surface area contributed by atoms with Crippen LogP contribution in [0.1, 0.15) is 22.6 Å². The Hall–Kier alpha value is -3.61. The summed E-state index contributed by atoms with van der Waals surface area (Å²) >= 11 is 0. The fourth-order valence-electron chi connectivity index (χ4n) is 4.14. The van der Waals surface area contributed by atoms with E-state index in [9.17, 15) is 23.3 Å². The predicted octanol–water partition coefficient (Wildman–Crippen LogP) is 6.27. The Morgan fingerprint density at radius 2 is 1.55 bits per heavy atom. The monoisotopic (exact) mass is 424 g/mol. The topological polar surface area (TPSA) is 48.1 Å². The Morgan fingerprint density at radius 1 is 0.935 bits per heavy atom. The summed E-state index contributed by atoms with van der Waals surface area (Å²) in [6.07, 6.45) is -4.47. The molecule has 7 heteroatoms. The van der Waals surface area contributed by atoms with Gasteiger partial charge in [0.15, 0.2) is 0 Å². The Kier molecular flexibility index (Phi) is 5.27. The summed E-state index contributed by atoms with van der Waals surface area (Å²) in [7, 11) is 1.89. The zero-order valence-electron chi connectivity index (χ0n) is 16.6. The van der Waals surface area contributed by atoms with Gasteiger partial charge in [-0.15, -0.1) is 0 Å². The molecule has 4 rings (SSSR count). The van der Waals surface area contributed by atoms with Gasteiger partial charge in [-0.3, -0.25) is 10.1 Å². The average molecular weight is 424 g/mol. The Labute approximate surface area is 176 Å². The molecule has 1 aromatic heterocycles. The lowest BCUT2D eigenvalue weighted by molar-refractivity contribution is -0.481. The van der Waals surface area contributed by atoms with Crippen molar-refractivity contribution in [2.45, 2.75) is 12.1 Å². The number of hydrogen-bond donors (Lipinski definition) is 0. The van der Waals surface area contributed by atoms with Crippen LogP contribution in [0.5, 0.6) is 0 Å². The van der Waals surface area contributed by atoms with E-state index in [1.807, 2.05) is 66.2 Å². The normalized spacial score (nSPS) is 12.8. The number of alkyl halides is 3. The van der Waals surface area contributed by atoms with Gasteiger partial charge in [-0.05, 0) is 34.9 Å². The second-order valence-corrected chi connectivity index (χ2v) is 7.39. The highest BCUT2D eigenvalue weighted by Gasteiger charge is 2.32. The highest BCUT2D eigenvalue weighted by Crippen LogP contribution is 2.41. The molecule has 4 aromatic rings. The molecule has 0 N–H and O–H groups in total. The van der Waals surface area contributed by atoms with Crippen molar-refractivity contribution in [1.29, 1.82) is 0 Å². The molecule has 0 saturated heterocycles. The SMILES string of the molecule is Cn1c(-c2ccccc2)c([C@H](C[N+](=O)[O-])c2ccc(C(F)(F)F)cc2)c2ccccc21. The number of benzene rings is 3. The maximum atomic E-state index is 13.0. The highest BCUT2D eigenvalue weighted by atomic mass is 19.4. The number of aryl methyl sites for hydroxylation is 1. The third-order valence-corrected chi connectivity index (χ3v) is 5.51. The first kappa shape index (κ1) is 20.7. The molecular weight excluding hydrogens is 405 g/mol. The Morgan fingerprint density at radius 3 is 2.16 bits per heavy atom. The standard InChI is InChI=1S/C24H19F3N2O2/c1-28-21-10-6-5-9-19(21)22(23(28)17-7-3-2-4-8-17)20(15-29(30)31)16-11-13-18(14-12-16)24(25,26)27/h2-14,20H,15H2,1H3/t20-/m1/s1. The summed E-state index contributed by atoms with van der Waals surface area (Å²) in [5, 5.41) is 12.4. The summed E-state index contributed by atoms with van der Waals surface area (Å²) in [6.45, 7) is -0.431. The summed E-state index contributed by atoms with van der Waals surface area (Å²) in [5.74, 6) is -0.710. The van der Waals surface area contributed by atoms with Crippen LogP contribution >= 0.6 is 0 Å². The fourth-order valence-corrected chi connectivity index (χ4v) is 4.14. The molecule has 0 amide bonds. The van der Waals surface area contributed by atoms with Gasteiger partial charge >= 0.3 is 6.18 Å². The van der Waals surface area contributed by atoms with Crippen molar-refractivity contribution in [3.05, 3.63) is 106 Å². The number of nitrogens with zero attached hydrogens (tertiary/aromatic N) is 2. The third-order valence-electron chi connectivity index (χ3n) is 5.51. The second kappa shape index (κ2) is 7.91. The van der Waals surface area contributed by atoms with E-state index >= 15 is 0 Å². The van der Waals surface area contributed by atoms with E-state index < -0.39 is 29.1 Å². The molecule has 0 saturated carbocycles. The van der Waals surface area contributed by atoms with Crippen LogP contribution < -0.4 is 0 Å². The molecule has 158 valence electrons. The van der Waals surface area contributed by atoms with Crippen molar-refractivity contribution < 1.29 is 18.1 Å². The quantitative estimate of drug-likeness (QED) is 0.280. The first-order valence-electron chi connectivity index (χ1n) is 9.69. The number of fused-ring (bicyclic) bond motifs is 1. The van der Waals surface area contributed by atoms with Gasteiger partial charge in [0.25, 0.3) is 0 Å². The maximum absolute atomic E-state index is 13.0. The first-order chi connectivity index (χ1) is 14.8.